The van der Waals surface area contributed by atoms with Gasteiger partial charge in [-0.2, -0.15) is 0 Å². The molecule has 0 spiro atoms. The lowest BCUT2D eigenvalue weighted by Crippen LogP contribution is -2.10. The third-order valence-electron chi connectivity index (χ3n) is 2.77. The van der Waals surface area contributed by atoms with Crippen LogP contribution in [0.25, 0.3) is 11.3 Å². The fourth-order valence-corrected chi connectivity index (χ4v) is 1.63. The molecule has 4 nitrogen and oxygen atoms in total. The van der Waals surface area contributed by atoms with Gasteiger partial charge in [0.1, 0.15) is 5.69 Å². The highest BCUT2D eigenvalue weighted by Crippen LogP contribution is 2.24. The zero-order valence-electron chi connectivity index (χ0n) is 11.1. The molecule has 2 rings (SSSR count). The van der Waals surface area contributed by atoms with Crippen molar-refractivity contribution in [1.82, 2.24) is 15.2 Å². The van der Waals surface area contributed by atoms with Gasteiger partial charge in [0.05, 0.1) is 13.3 Å². The maximum Gasteiger partial charge on any atom is 0.335 e. The van der Waals surface area contributed by atoms with Crippen LogP contribution < -0.4 is 4.74 Å². The Bertz CT molecular complexity index is 512. The lowest BCUT2D eigenvalue weighted by molar-refractivity contribution is 0.373. The average Bonchev–Trinajstić information content (AvgIpc) is 2.38. The average molecular weight is 243 g/mol. The molecule has 0 aliphatic heterocycles. The Kier molecular flexibility index (Phi) is 3.28. The van der Waals surface area contributed by atoms with Gasteiger partial charge in [0.2, 0.25) is 0 Å². The maximum absolute atomic E-state index is 4.88. The molecule has 1 aromatic carbocycles. The molecule has 0 aliphatic rings. The molecule has 0 saturated heterocycles. The zero-order chi connectivity index (χ0) is 13.2. The van der Waals surface area contributed by atoms with Crippen LogP contribution in [-0.4, -0.2) is 22.3 Å². The summed E-state index contributed by atoms with van der Waals surface area (Å²) in [5.41, 5.74) is 3.20. The Morgan fingerprint density at radius 1 is 1.00 bits per heavy atom. The van der Waals surface area contributed by atoms with Crippen molar-refractivity contribution in [2.24, 2.45) is 0 Å². The van der Waals surface area contributed by atoms with E-state index in [0.29, 0.717) is 0 Å². The van der Waals surface area contributed by atoms with Crippen molar-refractivity contribution < 1.29 is 4.74 Å². The van der Waals surface area contributed by atoms with E-state index >= 15 is 0 Å². The van der Waals surface area contributed by atoms with Crippen molar-refractivity contribution in [2.45, 2.75) is 26.2 Å². The summed E-state index contributed by atoms with van der Waals surface area (Å²) in [6.45, 7) is 6.57. The first kappa shape index (κ1) is 12.5. The molecule has 0 amide bonds. The number of rotatable bonds is 2. The number of aromatic nitrogens is 3. The third-order valence-corrected chi connectivity index (χ3v) is 2.77. The molecule has 1 heterocycles. The van der Waals surface area contributed by atoms with Crippen molar-refractivity contribution in [3.63, 3.8) is 0 Å². The summed E-state index contributed by atoms with van der Waals surface area (Å²) in [5.74, 6) is 0. The van der Waals surface area contributed by atoms with Gasteiger partial charge in [-0.05, 0) is 11.0 Å². The zero-order valence-corrected chi connectivity index (χ0v) is 11.1. The summed E-state index contributed by atoms with van der Waals surface area (Å²) in [7, 11) is 1.52. The smallest absolute Gasteiger partial charge is 0.335 e. The molecule has 0 aliphatic carbocycles. The second-order valence-corrected chi connectivity index (χ2v) is 5.16. The molecule has 2 aromatic rings. The highest BCUT2D eigenvalue weighted by molar-refractivity contribution is 5.58. The topological polar surface area (TPSA) is 47.9 Å². The Morgan fingerprint density at radius 2 is 1.67 bits per heavy atom. The number of hydrogen-bond donors (Lipinski definition) is 0. The van der Waals surface area contributed by atoms with E-state index in [1.807, 2.05) is 12.1 Å². The van der Waals surface area contributed by atoms with Gasteiger partial charge in [-0.15, -0.1) is 5.10 Å². The van der Waals surface area contributed by atoms with E-state index in [2.05, 4.69) is 48.1 Å². The predicted molar refractivity (Wildman–Crippen MR) is 70.5 cm³/mol. The van der Waals surface area contributed by atoms with Crippen LogP contribution in [0, 0.1) is 0 Å². The number of ether oxygens (including phenoxy) is 1. The summed E-state index contributed by atoms with van der Waals surface area (Å²) in [6, 6.07) is 8.59. The molecule has 0 fully saturated rings. The van der Waals surface area contributed by atoms with Crippen LogP contribution in [-0.2, 0) is 5.41 Å². The first-order valence-electron chi connectivity index (χ1n) is 5.85. The van der Waals surface area contributed by atoms with Gasteiger partial charge in [-0.3, -0.25) is 0 Å². The lowest BCUT2D eigenvalue weighted by atomic mass is 9.86. The molecule has 0 unspecified atom stereocenters. The Morgan fingerprint density at radius 3 is 2.11 bits per heavy atom. The third kappa shape index (κ3) is 2.64. The van der Waals surface area contributed by atoms with Gasteiger partial charge in [0.15, 0.2) is 0 Å². The van der Waals surface area contributed by atoms with E-state index < -0.39 is 0 Å². The highest BCUT2D eigenvalue weighted by Gasteiger charge is 2.13. The predicted octanol–water partition coefficient (Wildman–Crippen LogP) is 2.84. The summed E-state index contributed by atoms with van der Waals surface area (Å²) in [4.78, 5) is 4.05. The number of methoxy groups -OCH3 is 1. The first-order chi connectivity index (χ1) is 8.50. The molecule has 0 atom stereocenters. The quantitative estimate of drug-likeness (QED) is 0.813. The Balaban J connectivity index is 2.28. The van der Waals surface area contributed by atoms with E-state index in [4.69, 9.17) is 4.74 Å². The van der Waals surface area contributed by atoms with Crippen LogP contribution in [0.5, 0.6) is 6.01 Å². The van der Waals surface area contributed by atoms with Crippen molar-refractivity contribution in [1.29, 1.82) is 0 Å². The van der Waals surface area contributed by atoms with Crippen LogP contribution in [0.2, 0.25) is 0 Å². The van der Waals surface area contributed by atoms with Gasteiger partial charge >= 0.3 is 6.01 Å². The monoisotopic (exact) mass is 243 g/mol. The summed E-state index contributed by atoms with van der Waals surface area (Å²) >= 11 is 0. The van der Waals surface area contributed by atoms with E-state index in [0.717, 1.165) is 11.3 Å². The second kappa shape index (κ2) is 4.72. The fraction of sp³-hybridized carbons (Fsp3) is 0.357. The van der Waals surface area contributed by atoms with Gasteiger partial charge in [-0.1, -0.05) is 50.1 Å². The van der Waals surface area contributed by atoms with E-state index in [1.165, 1.54) is 12.7 Å². The second-order valence-electron chi connectivity index (χ2n) is 5.16. The Hall–Kier alpha value is -1.97. The van der Waals surface area contributed by atoms with Crippen LogP contribution in [0.4, 0.5) is 0 Å². The minimum Gasteiger partial charge on any atom is -0.466 e. The number of nitrogens with zero attached hydrogens (tertiary/aromatic N) is 3. The minimum absolute atomic E-state index is 0.155. The molecule has 18 heavy (non-hydrogen) atoms. The molecule has 4 heteroatoms. The number of benzene rings is 1. The van der Waals surface area contributed by atoms with Gasteiger partial charge in [0.25, 0.3) is 0 Å². The van der Waals surface area contributed by atoms with Crippen molar-refractivity contribution >= 4 is 0 Å². The van der Waals surface area contributed by atoms with Crippen LogP contribution in [0.3, 0.4) is 0 Å². The largest absolute Gasteiger partial charge is 0.466 e. The number of hydrogen-bond acceptors (Lipinski definition) is 4. The van der Waals surface area contributed by atoms with Crippen LogP contribution in [0.1, 0.15) is 26.3 Å². The highest BCUT2D eigenvalue weighted by atomic mass is 16.5. The first-order valence-corrected chi connectivity index (χ1v) is 5.85. The van der Waals surface area contributed by atoms with Crippen LogP contribution in [0.15, 0.2) is 30.5 Å². The summed E-state index contributed by atoms with van der Waals surface area (Å²) in [5, 5.41) is 7.94. The lowest BCUT2D eigenvalue weighted by Gasteiger charge is -2.18. The minimum atomic E-state index is 0.155. The molecule has 1 aromatic heterocycles. The summed E-state index contributed by atoms with van der Waals surface area (Å²) < 4.78 is 4.88. The Labute approximate surface area is 107 Å². The van der Waals surface area contributed by atoms with Gasteiger partial charge in [0, 0.05) is 5.56 Å². The van der Waals surface area contributed by atoms with Crippen molar-refractivity contribution in [2.75, 3.05) is 7.11 Å². The summed E-state index contributed by atoms with van der Waals surface area (Å²) in [6.07, 6.45) is 1.66. The van der Waals surface area contributed by atoms with E-state index in [9.17, 15) is 0 Å². The van der Waals surface area contributed by atoms with Crippen molar-refractivity contribution in [3.8, 4) is 17.3 Å². The van der Waals surface area contributed by atoms with Gasteiger partial charge in [-0.25, -0.2) is 4.98 Å². The molecule has 0 radical (unpaired) electrons. The molecule has 0 bridgehead atoms. The van der Waals surface area contributed by atoms with Crippen LogP contribution >= 0.6 is 0 Å². The molecular weight excluding hydrogens is 226 g/mol. The molecular formula is C14H17N3O. The normalized spacial score (nSPS) is 11.3. The van der Waals surface area contributed by atoms with E-state index in [-0.39, 0.29) is 11.4 Å². The van der Waals surface area contributed by atoms with E-state index in [1.54, 1.807) is 6.20 Å². The van der Waals surface area contributed by atoms with Gasteiger partial charge < -0.3 is 4.74 Å². The maximum atomic E-state index is 4.88. The molecule has 0 saturated carbocycles. The fourth-order valence-electron chi connectivity index (χ4n) is 1.63. The molecule has 0 N–H and O–H groups in total. The van der Waals surface area contributed by atoms with Crippen molar-refractivity contribution in [3.05, 3.63) is 36.0 Å². The molecule has 94 valence electrons. The standard InChI is InChI=1S/C14H17N3O/c1-14(2,3)11-7-5-10(6-8-11)12-9-15-13(18-4)17-16-12/h5-9H,1-4H3. The SMILES string of the molecule is COc1ncc(-c2ccc(C(C)(C)C)cc2)nn1.